The average molecular weight is 327 g/mol. The minimum atomic E-state index is -0.849. The third-order valence-electron chi connectivity index (χ3n) is 4.43. The number of halogens is 1. The van der Waals surface area contributed by atoms with Gasteiger partial charge in [-0.05, 0) is 23.3 Å². The molecule has 0 spiro atoms. The van der Waals surface area contributed by atoms with Gasteiger partial charge >= 0.3 is 5.97 Å². The summed E-state index contributed by atoms with van der Waals surface area (Å²) in [6, 6.07) is 14.6. The van der Waals surface area contributed by atoms with Gasteiger partial charge in [0.15, 0.2) is 0 Å². The Balaban J connectivity index is 1.93. The number of nitrogens with one attached hydrogen (secondary N) is 2. The van der Waals surface area contributed by atoms with Gasteiger partial charge in [-0.15, -0.1) is 0 Å². The van der Waals surface area contributed by atoms with Gasteiger partial charge in [-0.25, -0.2) is 0 Å². The number of hydrogen-bond acceptors (Lipinski definition) is 2. The summed E-state index contributed by atoms with van der Waals surface area (Å²) < 4.78 is 0. The highest BCUT2D eigenvalue weighted by molar-refractivity contribution is 6.31. The second kappa shape index (κ2) is 5.41. The molecule has 1 unspecified atom stereocenters. The van der Waals surface area contributed by atoms with E-state index in [0.717, 1.165) is 27.7 Å². The van der Waals surface area contributed by atoms with Gasteiger partial charge in [0.05, 0.1) is 6.04 Å². The summed E-state index contributed by atoms with van der Waals surface area (Å²) in [5.41, 5.74) is 3.95. The van der Waals surface area contributed by atoms with Crippen molar-refractivity contribution in [3.05, 3.63) is 70.4 Å². The summed E-state index contributed by atoms with van der Waals surface area (Å²) in [5.74, 6) is -0.849. The fourth-order valence-electron chi connectivity index (χ4n) is 3.35. The number of carbonyl (C=O) groups is 1. The maximum absolute atomic E-state index is 11.6. The molecule has 23 heavy (non-hydrogen) atoms. The van der Waals surface area contributed by atoms with Crippen molar-refractivity contribution in [1.29, 1.82) is 0 Å². The maximum Gasteiger partial charge on any atom is 0.321 e. The minimum Gasteiger partial charge on any atom is -0.480 e. The van der Waals surface area contributed by atoms with E-state index in [1.807, 2.05) is 48.5 Å². The Morgan fingerprint density at radius 2 is 1.87 bits per heavy atom. The van der Waals surface area contributed by atoms with E-state index in [0.29, 0.717) is 11.4 Å². The third-order valence-corrected chi connectivity index (χ3v) is 4.77. The third kappa shape index (κ3) is 2.31. The number of carboxylic acid groups (broad SMARTS) is 1. The van der Waals surface area contributed by atoms with Crippen LogP contribution in [0.3, 0.4) is 0 Å². The molecular formula is C18H15ClN2O2. The largest absolute Gasteiger partial charge is 0.480 e. The van der Waals surface area contributed by atoms with E-state index in [1.165, 1.54) is 0 Å². The molecule has 2 atom stereocenters. The molecule has 2 aromatic carbocycles. The number of hydrogen-bond donors (Lipinski definition) is 3. The van der Waals surface area contributed by atoms with Gasteiger partial charge in [-0.1, -0.05) is 48.0 Å². The molecule has 3 N–H and O–H groups in total. The van der Waals surface area contributed by atoms with E-state index in [9.17, 15) is 9.90 Å². The first-order valence-electron chi connectivity index (χ1n) is 7.48. The van der Waals surface area contributed by atoms with Crippen molar-refractivity contribution < 1.29 is 9.90 Å². The van der Waals surface area contributed by atoms with Crippen LogP contribution in [0.2, 0.25) is 5.02 Å². The number of aromatic nitrogens is 1. The van der Waals surface area contributed by atoms with Crippen molar-refractivity contribution in [2.45, 2.75) is 18.5 Å². The molecular weight excluding hydrogens is 312 g/mol. The van der Waals surface area contributed by atoms with Crippen LogP contribution in [0.25, 0.3) is 10.9 Å². The lowest BCUT2D eigenvalue weighted by molar-refractivity contribution is -0.139. The van der Waals surface area contributed by atoms with Crippen LogP contribution in [-0.2, 0) is 11.2 Å². The number of H-pyrrole nitrogens is 1. The molecule has 2 heterocycles. The highest BCUT2D eigenvalue weighted by atomic mass is 35.5. The van der Waals surface area contributed by atoms with E-state index < -0.39 is 12.0 Å². The van der Waals surface area contributed by atoms with Gasteiger partial charge in [0.2, 0.25) is 0 Å². The average Bonchev–Trinajstić information content (AvgIpc) is 2.93. The topological polar surface area (TPSA) is 65.1 Å². The summed E-state index contributed by atoms with van der Waals surface area (Å²) in [5, 5.41) is 14.4. The summed E-state index contributed by atoms with van der Waals surface area (Å²) in [4.78, 5) is 15.0. The van der Waals surface area contributed by atoms with Crippen LogP contribution in [0.1, 0.15) is 22.9 Å². The number of fused-ring (bicyclic) bond motifs is 3. The van der Waals surface area contributed by atoms with Gasteiger partial charge in [-0.2, -0.15) is 0 Å². The Labute approximate surface area is 138 Å². The molecule has 0 amide bonds. The quantitative estimate of drug-likeness (QED) is 0.675. The van der Waals surface area contributed by atoms with Gasteiger partial charge in [0, 0.05) is 28.0 Å². The molecule has 3 aromatic rings. The number of aromatic amines is 1. The summed E-state index contributed by atoms with van der Waals surface area (Å²) >= 11 is 6.35. The molecule has 5 heteroatoms. The number of para-hydroxylation sites is 1. The predicted molar refractivity (Wildman–Crippen MR) is 89.9 cm³/mol. The number of aliphatic carboxylic acids is 1. The van der Waals surface area contributed by atoms with Crippen molar-refractivity contribution >= 4 is 28.5 Å². The molecule has 0 saturated heterocycles. The van der Waals surface area contributed by atoms with Crippen LogP contribution < -0.4 is 5.32 Å². The van der Waals surface area contributed by atoms with Crippen LogP contribution in [0, 0.1) is 0 Å². The Hall–Kier alpha value is -2.30. The molecule has 116 valence electrons. The normalized spacial score (nSPS) is 20.4. The minimum absolute atomic E-state index is 0.263. The fraction of sp³-hybridized carbons (Fsp3) is 0.167. The molecule has 1 aliphatic rings. The van der Waals surface area contributed by atoms with Crippen LogP contribution in [0.4, 0.5) is 0 Å². The van der Waals surface area contributed by atoms with Gasteiger partial charge in [0.25, 0.3) is 0 Å². The summed E-state index contributed by atoms with van der Waals surface area (Å²) in [7, 11) is 0. The molecule has 1 aliphatic heterocycles. The Bertz CT molecular complexity index is 903. The van der Waals surface area contributed by atoms with Crippen LogP contribution >= 0.6 is 11.6 Å². The van der Waals surface area contributed by atoms with Crippen LogP contribution in [-0.4, -0.2) is 22.1 Å². The van der Waals surface area contributed by atoms with Gasteiger partial charge in [0.1, 0.15) is 6.04 Å². The van der Waals surface area contributed by atoms with E-state index in [4.69, 9.17) is 11.6 Å². The zero-order valence-corrected chi connectivity index (χ0v) is 13.0. The first kappa shape index (κ1) is 14.3. The SMILES string of the molecule is O=C(O)[C@@H]1Cc2c([nH]c3ccccc23)C(c2ccccc2Cl)N1. The smallest absolute Gasteiger partial charge is 0.321 e. The number of carboxylic acids is 1. The standard InChI is InChI=1S/C18H15ClN2O2/c19-13-7-3-1-6-11(13)16-17-12(9-15(21-16)18(22)23)10-5-2-4-8-14(10)20-17/h1-8,15-16,20-21H,9H2,(H,22,23)/t15-,16?/m0/s1. The molecule has 4 rings (SSSR count). The molecule has 1 aromatic heterocycles. The molecule has 0 saturated carbocycles. The molecule has 0 aliphatic carbocycles. The van der Waals surface area contributed by atoms with Gasteiger partial charge < -0.3 is 10.1 Å². The second-order valence-corrected chi connectivity index (χ2v) is 6.19. The first-order valence-corrected chi connectivity index (χ1v) is 7.85. The molecule has 4 nitrogen and oxygen atoms in total. The zero-order valence-electron chi connectivity index (χ0n) is 12.2. The Morgan fingerprint density at radius 1 is 1.13 bits per heavy atom. The maximum atomic E-state index is 11.6. The van der Waals surface area contributed by atoms with E-state index >= 15 is 0 Å². The van der Waals surface area contributed by atoms with Crippen molar-refractivity contribution in [1.82, 2.24) is 10.3 Å². The van der Waals surface area contributed by atoms with Crippen molar-refractivity contribution in [2.24, 2.45) is 0 Å². The first-order chi connectivity index (χ1) is 11.1. The molecule has 0 fully saturated rings. The predicted octanol–water partition coefficient (Wildman–Crippen LogP) is 3.51. The highest BCUT2D eigenvalue weighted by Gasteiger charge is 2.34. The van der Waals surface area contributed by atoms with Crippen LogP contribution in [0.5, 0.6) is 0 Å². The van der Waals surface area contributed by atoms with E-state index in [-0.39, 0.29) is 6.04 Å². The monoisotopic (exact) mass is 326 g/mol. The Kier molecular flexibility index (Phi) is 3.36. The van der Waals surface area contributed by atoms with E-state index in [2.05, 4.69) is 10.3 Å². The lowest BCUT2D eigenvalue weighted by atomic mass is 9.90. The van der Waals surface area contributed by atoms with Crippen molar-refractivity contribution in [3.8, 4) is 0 Å². The highest BCUT2D eigenvalue weighted by Crippen LogP contribution is 2.37. The fourth-order valence-corrected chi connectivity index (χ4v) is 3.59. The summed E-state index contributed by atoms with van der Waals surface area (Å²) in [6.07, 6.45) is 0.454. The van der Waals surface area contributed by atoms with E-state index in [1.54, 1.807) is 0 Å². The van der Waals surface area contributed by atoms with Crippen molar-refractivity contribution in [2.75, 3.05) is 0 Å². The number of benzene rings is 2. The zero-order chi connectivity index (χ0) is 16.0. The van der Waals surface area contributed by atoms with Crippen LogP contribution in [0.15, 0.2) is 48.5 Å². The van der Waals surface area contributed by atoms with Gasteiger partial charge in [-0.3, -0.25) is 10.1 Å². The number of rotatable bonds is 2. The summed E-state index contributed by atoms with van der Waals surface area (Å²) in [6.45, 7) is 0. The van der Waals surface area contributed by atoms with Crippen molar-refractivity contribution in [3.63, 3.8) is 0 Å². The lowest BCUT2D eigenvalue weighted by Crippen LogP contribution is -2.45. The molecule has 0 radical (unpaired) electrons. The lowest BCUT2D eigenvalue weighted by Gasteiger charge is -2.30. The second-order valence-electron chi connectivity index (χ2n) is 5.78. The Morgan fingerprint density at radius 3 is 2.65 bits per heavy atom. The molecule has 0 bridgehead atoms.